The number of hydrogen-bond acceptors (Lipinski definition) is 2. The highest BCUT2D eigenvalue weighted by Crippen LogP contribution is 2.34. The third kappa shape index (κ3) is 0.686. The zero-order valence-corrected chi connectivity index (χ0v) is 5.49. The van der Waals surface area contributed by atoms with E-state index in [1.165, 1.54) is 4.90 Å². The highest BCUT2D eigenvalue weighted by molar-refractivity contribution is 5.69. The van der Waals surface area contributed by atoms with Gasteiger partial charge in [0.1, 0.15) is 0 Å². The van der Waals surface area contributed by atoms with Crippen LogP contribution in [0.15, 0.2) is 0 Å². The van der Waals surface area contributed by atoms with Crippen LogP contribution in [0.4, 0.5) is 4.79 Å². The maximum atomic E-state index is 10.4. The molecule has 2 heterocycles. The normalized spacial score (nSPS) is 37.0. The average molecular weight is 143 g/mol. The van der Waals surface area contributed by atoms with Crippen LogP contribution in [0.5, 0.6) is 0 Å². The molecule has 2 atom stereocenters. The van der Waals surface area contributed by atoms with Crippen LogP contribution in [0.2, 0.25) is 0 Å². The van der Waals surface area contributed by atoms with Crippen molar-refractivity contribution in [3.8, 4) is 0 Å². The molecule has 10 heavy (non-hydrogen) atoms. The van der Waals surface area contributed by atoms with Crippen molar-refractivity contribution in [1.29, 1.82) is 0 Å². The standard InChI is InChI=1S/C6H9NO3/c8-6(9)7-4-1-2-10-3-5(4)7/h4-5H,1-3H2,(H,8,9). The van der Waals surface area contributed by atoms with Crippen LogP contribution >= 0.6 is 0 Å². The van der Waals surface area contributed by atoms with Crippen molar-refractivity contribution in [3.63, 3.8) is 0 Å². The summed E-state index contributed by atoms with van der Waals surface area (Å²) in [6.07, 6.45) is 0.0669. The van der Waals surface area contributed by atoms with E-state index in [9.17, 15) is 4.79 Å². The van der Waals surface area contributed by atoms with Crippen molar-refractivity contribution >= 4 is 6.09 Å². The monoisotopic (exact) mass is 143 g/mol. The van der Waals surface area contributed by atoms with E-state index in [-0.39, 0.29) is 12.1 Å². The molecular formula is C6H9NO3. The largest absolute Gasteiger partial charge is 0.465 e. The fourth-order valence-electron chi connectivity index (χ4n) is 1.55. The predicted octanol–water partition coefficient (Wildman–Crippen LogP) is 0.137. The van der Waals surface area contributed by atoms with Crippen LogP contribution < -0.4 is 0 Å². The molecule has 0 spiro atoms. The van der Waals surface area contributed by atoms with E-state index >= 15 is 0 Å². The van der Waals surface area contributed by atoms with Gasteiger partial charge in [-0.15, -0.1) is 0 Å². The minimum atomic E-state index is -0.805. The Kier molecular flexibility index (Phi) is 1.11. The predicted molar refractivity (Wildman–Crippen MR) is 32.9 cm³/mol. The molecule has 4 heteroatoms. The Hall–Kier alpha value is -0.770. The maximum absolute atomic E-state index is 10.4. The van der Waals surface area contributed by atoms with Crippen LogP contribution in [0.3, 0.4) is 0 Å². The number of rotatable bonds is 0. The Labute approximate surface area is 58.4 Å². The zero-order chi connectivity index (χ0) is 7.14. The van der Waals surface area contributed by atoms with Crippen LogP contribution in [0.1, 0.15) is 6.42 Å². The van der Waals surface area contributed by atoms with E-state index in [1.54, 1.807) is 0 Å². The Morgan fingerprint density at radius 3 is 2.90 bits per heavy atom. The zero-order valence-electron chi connectivity index (χ0n) is 5.49. The summed E-state index contributed by atoms with van der Waals surface area (Å²) >= 11 is 0. The quantitative estimate of drug-likeness (QED) is 0.490. The fraction of sp³-hybridized carbons (Fsp3) is 0.833. The number of ether oxygens (including phenoxy) is 1. The van der Waals surface area contributed by atoms with Gasteiger partial charge in [-0.3, -0.25) is 4.90 Å². The van der Waals surface area contributed by atoms with Gasteiger partial charge in [-0.2, -0.15) is 0 Å². The summed E-state index contributed by atoms with van der Waals surface area (Å²) in [4.78, 5) is 11.9. The molecule has 2 rings (SSSR count). The first-order chi connectivity index (χ1) is 4.80. The van der Waals surface area contributed by atoms with Gasteiger partial charge >= 0.3 is 6.09 Å². The third-order valence-corrected chi connectivity index (χ3v) is 2.14. The molecule has 2 aliphatic rings. The van der Waals surface area contributed by atoms with E-state index in [0.29, 0.717) is 13.2 Å². The van der Waals surface area contributed by atoms with Crippen LogP contribution in [-0.4, -0.2) is 41.4 Å². The van der Waals surface area contributed by atoms with Gasteiger partial charge in [0.05, 0.1) is 18.7 Å². The van der Waals surface area contributed by atoms with E-state index in [1.807, 2.05) is 0 Å². The number of amides is 1. The summed E-state index contributed by atoms with van der Waals surface area (Å²) in [6, 6.07) is 0.442. The molecule has 0 aromatic heterocycles. The Morgan fingerprint density at radius 2 is 2.40 bits per heavy atom. The minimum Gasteiger partial charge on any atom is -0.465 e. The molecule has 0 radical (unpaired) electrons. The molecule has 1 amide bonds. The molecule has 56 valence electrons. The molecule has 2 fully saturated rings. The summed E-state index contributed by atoms with van der Waals surface area (Å²) < 4.78 is 5.10. The first-order valence-corrected chi connectivity index (χ1v) is 3.39. The van der Waals surface area contributed by atoms with Crippen molar-refractivity contribution in [2.75, 3.05) is 13.2 Å². The maximum Gasteiger partial charge on any atom is 0.408 e. The minimum absolute atomic E-state index is 0.172. The van der Waals surface area contributed by atoms with Crippen molar-refractivity contribution in [2.45, 2.75) is 18.5 Å². The van der Waals surface area contributed by atoms with Gasteiger partial charge in [0.2, 0.25) is 0 Å². The Balaban J connectivity index is 1.99. The molecule has 0 aliphatic carbocycles. The first-order valence-electron chi connectivity index (χ1n) is 3.39. The van der Waals surface area contributed by atoms with Crippen molar-refractivity contribution in [3.05, 3.63) is 0 Å². The molecule has 0 aromatic rings. The lowest BCUT2D eigenvalue weighted by atomic mass is 10.2. The summed E-state index contributed by atoms with van der Waals surface area (Å²) in [5, 5.41) is 8.55. The molecule has 2 unspecified atom stereocenters. The topological polar surface area (TPSA) is 49.5 Å². The molecule has 4 nitrogen and oxygen atoms in total. The third-order valence-electron chi connectivity index (χ3n) is 2.14. The molecule has 0 saturated carbocycles. The van der Waals surface area contributed by atoms with Gasteiger partial charge in [0.15, 0.2) is 0 Å². The number of fused-ring (bicyclic) bond motifs is 1. The number of hydrogen-bond donors (Lipinski definition) is 1. The van der Waals surface area contributed by atoms with Crippen LogP contribution in [0, 0.1) is 0 Å². The Morgan fingerprint density at radius 1 is 1.60 bits per heavy atom. The molecule has 0 bridgehead atoms. The molecule has 2 aliphatic heterocycles. The van der Waals surface area contributed by atoms with E-state index < -0.39 is 6.09 Å². The van der Waals surface area contributed by atoms with E-state index in [4.69, 9.17) is 9.84 Å². The lowest BCUT2D eigenvalue weighted by Gasteiger charge is -2.04. The fourth-order valence-corrected chi connectivity index (χ4v) is 1.55. The van der Waals surface area contributed by atoms with Crippen molar-refractivity contribution < 1.29 is 14.6 Å². The molecular weight excluding hydrogens is 134 g/mol. The average Bonchev–Trinajstić information content (AvgIpc) is 2.60. The second-order valence-corrected chi connectivity index (χ2v) is 2.69. The van der Waals surface area contributed by atoms with Gasteiger partial charge in [-0.1, -0.05) is 0 Å². The number of carbonyl (C=O) groups is 1. The summed E-state index contributed by atoms with van der Waals surface area (Å²) in [6.45, 7) is 1.31. The first kappa shape index (κ1) is 5.97. The van der Waals surface area contributed by atoms with Crippen LogP contribution in [-0.2, 0) is 4.74 Å². The molecule has 1 N–H and O–H groups in total. The number of carboxylic acid groups (broad SMARTS) is 1. The second kappa shape index (κ2) is 1.85. The lowest BCUT2D eigenvalue weighted by molar-refractivity contribution is 0.112. The molecule has 0 aromatic carbocycles. The highest BCUT2D eigenvalue weighted by Gasteiger charge is 2.52. The SMILES string of the molecule is O=C(O)N1C2CCOCC21. The van der Waals surface area contributed by atoms with Crippen molar-refractivity contribution in [2.24, 2.45) is 0 Å². The highest BCUT2D eigenvalue weighted by atomic mass is 16.5. The van der Waals surface area contributed by atoms with E-state index in [0.717, 1.165) is 6.42 Å². The summed E-state index contributed by atoms with van der Waals surface area (Å²) in [5.74, 6) is 0. The number of nitrogens with zero attached hydrogens (tertiary/aromatic N) is 1. The van der Waals surface area contributed by atoms with Gasteiger partial charge in [-0.05, 0) is 6.42 Å². The Bertz CT molecular complexity index is 158. The smallest absolute Gasteiger partial charge is 0.408 e. The van der Waals surface area contributed by atoms with Gasteiger partial charge in [-0.25, -0.2) is 4.79 Å². The van der Waals surface area contributed by atoms with Gasteiger partial charge in [0.25, 0.3) is 0 Å². The second-order valence-electron chi connectivity index (χ2n) is 2.69. The molecule has 2 saturated heterocycles. The lowest BCUT2D eigenvalue weighted by Crippen LogP contribution is -2.14. The van der Waals surface area contributed by atoms with Gasteiger partial charge < -0.3 is 9.84 Å². The van der Waals surface area contributed by atoms with Crippen molar-refractivity contribution in [1.82, 2.24) is 4.90 Å². The van der Waals surface area contributed by atoms with Gasteiger partial charge in [0, 0.05) is 6.61 Å². The summed E-state index contributed by atoms with van der Waals surface area (Å²) in [7, 11) is 0. The van der Waals surface area contributed by atoms with Crippen LogP contribution in [0.25, 0.3) is 0 Å². The summed E-state index contributed by atoms with van der Waals surface area (Å²) in [5.41, 5.74) is 0. The van der Waals surface area contributed by atoms with E-state index in [2.05, 4.69) is 0 Å².